The second-order valence-corrected chi connectivity index (χ2v) is 6.21. The zero-order valence-corrected chi connectivity index (χ0v) is 11.3. The van der Waals surface area contributed by atoms with Crippen LogP contribution in [0.25, 0.3) is 0 Å². The smallest absolute Gasteiger partial charge is 0.196 e. The second kappa shape index (κ2) is 4.15. The van der Waals surface area contributed by atoms with Gasteiger partial charge in [-0.25, -0.2) is 4.39 Å². The third-order valence-electron chi connectivity index (χ3n) is 5.21. The maximum absolute atomic E-state index is 15.6. The van der Waals surface area contributed by atoms with E-state index in [1.165, 1.54) is 0 Å². The van der Waals surface area contributed by atoms with Gasteiger partial charge in [-0.3, -0.25) is 4.79 Å². The summed E-state index contributed by atoms with van der Waals surface area (Å²) in [4.78, 5) is 12.6. The third-order valence-corrected chi connectivity index (χ3v) is 5.21. The van der Waals surface area contributed by atoms with Crippen LogP contribution in [-0.2, 0) is 11.2 Å². The number of fused-ring (bicyclic) bond motifs is 2. The fourth-order valence-electron chi connectivity index (χ4n) is 4.27. The molecule has 5 rings (SSSR count). The number of ketones is 1. The highest BCUT2D eigenvalue weighted by Gasteiger charge is 2.59. The minimum Gasteiger partial charge on any atom is -0.291 e. The van der Waals surface area contributed by atoms with Crippen LogP contribution in [-0.4, -0.2) is 11.5 Å². The van der Waals surface area contributed by atoms with E-state index in [4.69, 9.17) is 0 Å². The zero-order valence-electron chi connectivity index (χ0n) is 11.3. The molecule has 1 aromatic rings. The fourth-order valence-corrected chi connectivity index (χ4v) is 4.27. The molecule has 0 N–H and O–H groups in total. The van der Waals surface area contributed by atoms with Crippen molar-refractivity contribution in [2.45, 2.75) is 24.9 Å². The van der Waals surface area contributed by atoms with Crippen molar-refractivity contribution >= 4 is 5.78 Å². The van der Waals surface area contributed by atoms with Gasteiger partial charge >= 0.3 is 0 Å². The van der Waals surface area contributed by atoms with Crippen LogP contribution in [0.3, 0.4) is 0 Å². The number of carbonyl (C=O) groups is 1. The first-order valence-corrected chi connectivity index (χ1v) is 7.34. The highest BCUT2D eigenvalue weighted by atomic mass is 19.1. The van der Waals surface area contributed by atoms with Gasteiger partial charge in [-0.15, -0.1) is 0 Å². The van der Waals surface area contributed by atoms with Crippen LogP contribution in [0.5, 0.6) is 0 Å². The van der Waals surface area contributed by atoms with Crippen LogP contribution in [0, 0.1) is 17.8 Å². The van der Waals surface area contributed by atoms with E-state index in [9.17, 15) is 4.79 Å². The largest absolute Gasteiger partial charge is 0.291 e. The van der Waals surface area contributed by atoms with Gasteiger partial charge in [0.2, 0.25) is 0 Å². The Morgan fingerprint density at radius 3 is 2.80 bits per heavy atom. The van der Waals surface area contributed by atoms with Gasteiger partial charge in [-0.05, 0) is 24.3 Å². The lowest BCUT2D eigenvalue weighted by Gasteiger charge is -2.48. The molecule has 4 aliphatic carbocycles. The predicted octanol–water partition coefficient (Wildman–Crippen LogP) is 3.66. The minimum atomic E-state index is -1.70. The summed E-state index contributed by atoms with van der Waals surface area (Å²) in [5, 5.41) is 0. The first-order chi connectivity index (χ1) is 9.70. The maximum Gasteiger partial charge on any atom is 0.196 e. The van der Waals surface area contributed by atoms with E-state index < -0.39 is 5.67 Å². The van der Waals surface area contributed by atoms with Crippen molar-refractivity contribution in [3.05, 3.63) is 59.7 Å². The molecule has 20 heavy (non-hydrogen) atoms. The third kappa shape index (κ3) is 1.51. The Morgan fingerprint density at radius 2 is 2.00 bits per heavy atom. The van der Waals surface area contributed by atoms with E-state index in [0.717, 1.165) is 17.6 Å². The fraction of sp³-hybridized carbons (Fsp3) is 0.389. The summed E-state index contributed by atoms with van der Waals surface area (Å²) in [5.41, 5.74) is -0.0535. The lowest BCUT2D eigenvalue weighted by Crippen LogP contribution is -2.55. The molecule has 0 aromatic heterocycles. The molecule has 0 heterocycles. The standard InChI is InChI=1S/C18H17FO/c19-18(11-12-5-2-1-3-6-12)16-10-9-15(17(18)20)13-7-4-8-14(13)16/h1-7,9,13-14,16H,8,10-11H2/t13-,14+,16+,18-/m1/s1. The Hall–Kier alpha value is -1.70. The summed E-state index contributed by atoms with van der Waals surface area (Å²) in [6.07, 6.45) is 8.05. The highest BCUT2D eigenvalue weighted by Crippen LogP contribution is 2.55. The Labute approximate surface area is 118 Å². The molecular weight excluding hydrogens is 251 g/mol. The van der Waals surface area contributed by atoms with Crippen LogP contribution in [0.4, 0.5) is 4.39 Å². The predicted molar refractivity (Wildman–Crippen MR) is 75.9 cm³/mol. The van der Waals surface area contributed by atoms with Gasteiger partial charge in [0.25, 0.3) is 0 Å². The topological polar surface area (TPSA) is 17.1 Å². The second-order valence-electron chi connectivity index (χ2n) is 6.21. The molecule has 4 atom stereocenters. The summed E-state index contributed by atoms with van der Waals surface area (Å²) >= 11 is 0. The SMILES string of the molecule is O=C1C2=CC[C@@H]([C@H]3CC=C[C@@H]23)[C@]1(F)Cc1ccccc1. The van der Waals surface area contributed by atoms with Crippen LogP contribution in [0.15, 0.2) is 54.1 Å². The lowest BCUT2D eigenvalue weighted by atomic mass is 9.57. The summed E-state index contributed by atoms with van der Waals surface area (Å²) in [6, 6.07) is 9.56. The van der Waals surface area contributed by atoms with Crippen molar-refractivity contribution in [1.82, 2.24) is 0 Å². The van der Waals surface area contributed by atoms with E-state index in [1.54, 1.807) is 0 Å². The molecule has 102 valence electrons. The van der Waals surface area contributed by atoms with Crippen molar-refractivity contribution in [3.63, 3.8) is 0 Å². The summed E-state index contributed by atoms with van der Waals surface area (Å²) in [5.74, 6) is 0.0559. The number of benzene rings is 1. The Balaban J connectivity index is 1.72. The number of Topliss-reactive ketones (excluding diaryl/α,β-unsaturated/α-hetero) is 1. The van der Waals surface area contributed by atoms with E-state index >= 15 is 4.39 Å². The molecule has 1 fully saturated rings. The molecule has 0 radical (unpaired) electrons. The Bertz CT molecular complexity index is 616. The highest BCUT2D eigenvalue weighted by molar-refractivity contribution is 6.05. The average Bonchev–Trinajstić information content (AvgIpc) is 2.95. The average molecular weight is 268 g/mol. The van der Waals surface area contributed by atoms with Gasteiger partial charge in [-0.2, -0.15) is 0 Å². The summed E-state index contributed by atoms with van der Waals surface area (Å²) < 4.78 is 15.6. The number of allylic oxidation sites excluding steroid dienone is 4. The molecule has 0 unspecified atom stereocenters. The van der Waals surface area contributed by atoms with Crippen molar-refractivity contribution < 1.29 is 9.18 Å². The molecule has 1 saturated carbocycles. The molecular formula is C18H17FO. The van der Waals surface area contributed by atoms with E-state index in [0.29, 0.717) is 12.3 Å². The van der Waals surface area contributed by atoms with Gasteiger partial charge in [0.05, 0.1) is 0 Å². The number of halogens is 1. The Kier molecular flexibility index (Phi) is 2.50. The van der Waals surface area contributed by atoms with Crippen LogP contribution >= 0.6 is 0 Å². The molecule has 0 saturated heterocycles. The van der Waals surface area contributed by atoms with Crippen molar-refractivity contribution in [2.75, 3.05) is 0 Å². The first-order valence-electron chi connectivity index (χ1n) is 7.34. The van der Waals surface area contributed by atoms with Crippen LogP contribution in [0.1, 0.15) is 18.4 Å². The van der Waals surface area contributed by atoms with Crippen molar-refractivity contribution in [3.8, 4) is 0 Å². The number of alkyl halides is 1. The molecule has 2 heteroatoms. The van der Waals surface area contributed by atoms with Crippen LogP contribution < -0.4 is 0 Å². The zero-order chi connectivity index (χ0) is 13.7. The van der Waals surface area contributed by atoms with Gasteiger partial charge < -0.3 is 0 Å². The number of hydrogen-bond donors (Lipinski definition) is 0. The number of carbonyl (C=O) groups excluding carboxylic acids is 1. The van der Waals surface area contributed by atoms with Gasteiger partial charge in [0.1, 0.15) is 0 Å². The molecule has 0 amide bonds. The summed E-state index contributed by atoms with van der Waals surface area (Å²) in [6.45, 7) is 0. The number of hydrogen-bond acceptors (Lipinski definition) is 1. The quantitative estimate of drug-likeness (QED) is 0.748. The maximum atomic E-state index is 15.6. The van der Waals surface area contributed by atoms with Crippen molar-refractivity contribution in [1.29, 1.82) is 0 Å². The van der Waals surface area contributed by atoms with Crippen molar-refractivity contribution in [2.24, 2.45) is 17.8 Å². The molecule has 0 aliphatic heterocycles. The normalized spacial score (nSPS) is 38.0. The van der Waals surface area contributed by atoms with E-state index in [-0.39, 0.29) is 24.0 Å². The van der Waals surface area contributed by atoms with Gasteiger partial charge in [0, 0.05) is 23.8 Å². The lowest BCUT2D eigenvalue weighted by molar-refractivity contribution is -0.138. The summed E-state index contributed by atoms with van der Waals surface area (Å²) in [7, 11) is 0. The molecule has 0 spiro atoms. The van der Waals surface area contributed by atoms with E-state index in [1.807, 2.05) is 36.4 Å². The molecule has 1 nitrogen and oxygen atoms in total. The first kappa shape index (κ1) is 12.1. The Morgan fingerprint density at radius 1 is 1.20 bits per heavy atom. The van der Waals surface area contributed by atoms with E-state index in [2.05, 4.69) is 12.2 Å². The molecule has 1 aromatic carbocycles. The van der Waals surface area contributed by atoms with Crippen LogP contribution in [0.2, 0.25) is 0 Å². The molecule has 2 bridgehead atoms. The molecule has 4 aliphatic rings. The van der Waals surface area contributed by atoms with Gasteiger partial charge in [0.15, 0.2) is 11.5 Å². The number of rotatable bonds is 2. The minimum absolute atomic E-state index is 0.160. The monoisotopic (exact) mass is 268 g/mol. The van der Waals surface area contributed by atoms with Gasteiger partial charge in [-0.1, -0.05) is 48.6 Å².